The largest absolute Gasteiger partial charge is 0.375 e. The maximum atomic E-state index is 5.74. The molecule has 16 heavy (non-hydrogen) atoms. The molecule has 1 unspecified atom stereocenters. The Morgan fingerprint density at radius 2 is 2.31 bits per heavy atom. The highest BCUT2D eigenvalue weighted by Gasteiger charge is 2.21. The number of nitrogens with two attached hydrogens (primary N) is 1. The number of morpholine rings is 1. The first-order chi connectivity index (χ1) is 7.69. The van der Waals surface area contributed by atoms with Crippen LogP contribution in [0.2, 0.25) is 5.28 Å². The van der Waals surface area contributed by atoms with Gasteiger partial charge in [-0.2, -0.15) is 15.0 Å². The summed E-state index contributed by atoms with van der Waals surface area (Å²) in [6.45, 7) is 4.26. The van der Waals surface area contributed by atoms with E-state index in [2.05, 4.69) is 21.9 Å². The van der Waals surface area contributed by atoms with Gasteiger partial charge in [-0.1, -0.05) is 6.92 Å². The van der Waals surface area contributed by atoms with E-state index in [0.717, 1.165) is 19.5 Å². The van der Waals surface area contributed by atoms with Crippen LogP contribution in [0.5, 0.6) is 0 Å². The third-order valence-corrected chi connectivity index (χ3v) is 2.66. The van der Waals surface area contributed by atoms with Crippen LogP contribution in [0, 0.1) is 0 Å². The number of anilines is 2. The van der Waals surface area contributed by atoms with Gasteiger partial charge in [-0.25, -0.2) is 0 Å². The lowest BCUT2D eigenvalue weighted by Gasteiger charge is -2.32. The third-order valence-electron chi connectivity index (χ3n) is 2.49. The van der Waals surface area contributed by atoms with Gasteiger partial charge in [0.05, 0.1) is 12.7 Å². The van der Waals surface area contributed by atoms with Gasteiger partial charge in [0, 0.05) is 13.1 Å². The topological polar surface area (TPSA) is 77.2 Å². The Morgan fingerprint density at radius 1 is 1.50 bits per heavy atom. The molecule has 1 aromatic heterocycles. The minimum Gasteiger partial charge on any atom is -0.375 e. The number of rotatable bonds is 2. The highest BCUT2D eigenvalue weighted by molar-refractivity contribution is 6.28. The lowest BCUT2D eigenvalue weighted by atomic mass is 10.2. The zero-order chi connectivity index (χ0) is 11.5. The molecule has 0 saturated carbocycles. The van der Waals surface area contributed by atoms with E-state index in [-0.39, 0.29) is 17.3 Å². The summed E-state index contributed by atoms with van der Waals surface area (Å²) >= 11 is 5.74. The molecule has 1 aromatic rings. The molecule has 1 saturated heterocycles. The molecule has 2 rings (SSSR count). The summed E-state index contributed by atoms with van der Waals surface area (Å²) in [4.78, 5) is 13.9. The molecule has 7 heteroatoms. The minimum absolute atomic E-state index is 0.127. The van der Waals surface area contributed by atoms with Gasteiger partial charge in [0.25, 0.3) is 0 Å². The van der Waals surface area contributed by atoms with Crippen molar-refractivity contribution in [3.8, 4) is 0 Å². The standard InChI is InChI=1S/C9H14ClN5O/c1-2-6-5-15(3-4-16-6)9-13-7(10)12-8(11)14-9/h6H,2-5H2,1H3,(H2,11,12,13,14). The fraction of sp³-hybridized carbons (Fsp3) is 0.667. The zero-order valence-corrected chi connectivity index (χ0v) is 9.81. The Morgan fingerprint density at radius 3 is 3.00 bits per heavy atom. The molecule has 6 nitrogen and oxygen atoms in total. The molecule has 2 heterocycles. The quantitative estimate of drug-likeness (QED) is 0.825. The SMILES string of the molecule is CCC1CN(c2nc(N)nc(Cl)n2)CCO1. The van der Waals surface area contributed by atoms with Crippen LogP contribution in [-0.2, 0) is 4.74 Å². The fourth-order valence-corrected chi connectivity index (χ4v) is 1.81. The number of nitrogen functional groups attached to an aromatic ring is 1. The first-order valence-corrected chi connectivity index (χ1v) is 5.60. The number of hydrogen-bond donors (Lipinski definition) is 1. The van der Waals surface area contributed by atoms with Crippen molar-refractivity contribution >= 4 is 23.5 Å². The van der Waals surface area contributed by atoms with Crippen LogP contribution in [0.1, 0.15) is 13.3 Å². The van der Waals surface area contributed by atoms with Crippen molar-refractivity contribution in [2.75, 3.05) is 30.3 Å². The van der Waals surface area contributed by atoms with Crippen LogP contribution >= 0.6 is 11.6 Å². The zero-order valence-electron chi connectivity index (χ0n) is 9.06. The van der Waals surface area contributed by atoms with Gasteiger partial charge < -0.3 is 15.4 Å². The summed E-state index contributed by atoms with van der Waals surface area (Å²) in [5, 5.41) is 0.127. The number of nitrogens with zero attached hydrogens (tertiary/aromatic N) is 4. The lowest BCUT2D eigenvalue weighted by Crippen LogP contribution is -2.43. The Balaban J connectivity index is 2.16. The third kappa shape index (κ3) is 2.51. The lowest BCUT2D eigenvalue weighted by molar-refractivity contribution is 0.0379. The number of ether oxygens (including phenoxy) is 1. The second-order valence-corrected chi connectivity index (χ2v) is 3.95. The second kappa shape index (κ2) is 4.80. The Kier molecular flexibility index (Phi) is 3.40. The highest BCUT2D eigenvalue weighted by atomic mass is 35.5. The van der Waals surface area contributed by atoms with Gasteiger partial charge >= 0.3 is 0 Å². The van der Waals surface area contributed by atoms with Gasteiger partial charge in [-0.15, -0.1) is 0 Å². The minimum atomic E-state index is 0.127. The van der Waals surface area contributed by atoms with Crippen molar-refractivity contribution in [2.24, 2.45) is 0 Å². The Labute approximate surface area is 98.8 Å². The summed E-state index contributed by atoms with van der Waals surface area (Å²) < 4.78 is 5.56. The number of aromatic nitrogens is 3. The van der Waals surface area contributed by atoms with Crippen molar-refractivity contribution in [1.82, 2.24) is 15.0 Å². The summed E-state index contributed by atoms with van der Waals surface area (Å²) in [6.07, 6.45) is 1.18. The molecule has 1 aliphatic heterocycles. The monoisotopic (exact) mass is 243 g/mol. The van der Waals surface area contributed by atoms with E-state index in [9.17, 15) is 0 Å². The molecule has 0 amide bonds. The predicted molar refractivity (Wildman–Crippen MR) is 61.5 cm³/mol. The van der Waals surface area contributed by atoms with Crippen molar-refractivity contribution in [1.29, 1.82) is 0 Å². The predicted octanol–water partition coefficient (Wildman–Crippen LogP) is 0.722. The second-order valence-electron chi connectivity index (χ2n) is 3.61. The van der Waals surface area contributed by atoms with Crippen LogP contribution < -0.4 is 10.6 Å². The first-order valence-electron chi connectivity index (χ1n) is 5.22. The molecule has 2 N–H and O–H groups in total. The van der Waals surface area contributed by atoms with Gasteiger partial charge in [0.2, 0.25) is 17.2 Å². The van der Waals surface area contributed by atoms with E-state index < -0.39 is 0 Å². The van der Waals surface area contributed by atoms with Crippen molar-refractivity contribution < 1.29 is 4.74 Å². The van der Waals surface area contributed by atoms with Crippen LogP contribution in [0.4, 0.5) is 11.9 Å². The molecular weight excluding hydrogens is 230 g/mol. The summed E-state index contributed by atoms with van der Waals surface area (Å²) in [5.41, 5.74) is 5.53. The molecule has 1 atom stereocenters. The molecular formula is C9H14ClN5O. The van der Waals surface area contributed by atoms with Crippen LogP contribution in [0.25, 0.3) is 0 Å². The summed E-state index contributed by atoms with van der Waals surface area (Å²) in [7, 11) is 0. The molecule has 0 aliphatic carbocycles. The van der Waals surface area contributed by atoms with Crippen molar-refractivity contribution in [3.05, 3.63) is 5.28 Å². The normalized spacial score (nSPS) is 21.1. The molecule has 0 bridgehead atoms. The molecule has 0 aromatic carbocycles. The number of hydrogen-bond acceptors (Lipinski definition) is 6. The Hall–Kier alpha value is -1.14. The molecule has 1 fully saturated rings. The van der Waals surface area contributed by atoms with Gasteiger partial charge in [0.15, 0.2) is 0 Å². The van der Waals surface area contributed by atoms with E-state index >= 15 is 0 Å². The Bertz CT molecular complexity index is 355. The molecule has 0 radical (unpaired) electrons. The fourth-order valence-electron chi connectivity index (χ4n) is 1.64. The molecule has 1 aliphatic rings. The highest BCUT2D eigenvalue weighted by Crippen LogP contribution is 2.16. The maximum absolute atomic E-state index is 5.74. The average molecular weight is 244 g/mol. The van der Waals surface area contributed by atoms with Crippen LogP contribution in [0.15, 0.2) is 0 Å². The summed E-state index contributed by atoms with van der Waals surface area (Å²) in [6, 6.07) is 0. The van der Waals surface area contributed by atoms with Crippen LogP contribution in [-0.4, -0.2) is 40.8 Å². The molecule has 0 spiro atoms. The molecule has 88 valence electrons. The van der Waals surface area contributed by atoms with E-state index in [1.54, 1.807) is 0 Å². The van der Waals surface area contributed by atoms with E-state index in [1.165, 1.54) is 0 Å². The summed E-state index contributed by atoms with van der Waals surface area (Å²) in [5.74, 6) is 0.675. The van der Waals surface area contributed by atoms with Gasteiger partial charge in [-0.05, 0) is 18.0 Å². The van der Waals surface area contributed by atoms with Crippen molar-refractivity contribution in [2.45, 2.75) is 19.4 Å². The smallest absolute Gasteiger partial charge is 0.231 e. The number of halogens is 1. The van der Waals surface area contributed by atoms with E-state index in [4.69, 9.17) is 22.1 Å². The van der Waals surface area contributed by atoms with Crippen LogP contribution in [0.3, 0.4) is 0 Å². The van der Waals surface area contributed by atoms with Gasteiger partial charge in [0.1, 0.15) is 0 Å². The average Bonchev–Trinajstić information content (AvgIpc) is 2.28. The first kappa shape index (κ1) is 11.3. The van der Waals surface area contributed by atoms with E-state index in [1.807, 2.05) is 4.90 Å². The van der Waals surface area contributed by atoms with E-state index in [0.29, 0.717) is 12.6 Å². The van der Waals surface area contributed by atoms with Gasteiger partial charge in [-0.3, -0.25) is 0 Å². The maximum Gasteiger partial charge on any atom is 0.231 e. The van der Waals surface area contributed by atoms with Crippen molar-refractivity contribution in [3.63, 3.8) is 0 Å².